The van der Waals surface area contributed by atoms with E-state index < -0.39 is 0 Å². The maximum absolute atomic E-state index is 11.2. The van der Waals surface area contributed by atoms with Crippen molar-refractivity contribution < 1.29 is 4.92 Å². The zero-order valence-corrected chi connectivity index (χ0v) is 10.8. The summed E-state index contributed by atoms with van der Waals surface area (Å²) in [5, 5.41) is 17.1. The molecule has 0 spiro atoms. The standard InChI is InChI=1S/C14H15N3O2/c1-10-5-3-6-11(9-10)16-13-8-4-7-12(15-2)14(13)17(18)19/h3-9,15-16H,1-2H3. The van der Waals surface area contributed by atoms with Gasteiger partial charge in [0.05, 0.1) is 4.92 Å². The Hall–Kier alpha value is -2.56. The quantitative estimate of drug-likeness (QED) is 0.647. The summed E-state index contributed by atoms with van der Waals surface area (Å²) in [4.78, 5) is 10.8. The number of nitro groups is 1. The van der Waals surface area contributed by atoms with Gasteiger partial charge >= 0.3 is 5.69 Å². The molecule has 5 nitrogen and oxygen atoms in total. The van der Waals surface area contributed by atoms with Crippen molar-refractivity contribution in [1.82, 2.24) is 0 Å². The van der Waals surface area contributed by atoms with Crippen molar-refractivity contribution in [3.63, 3.8) is 0 Å². The highest BCUT2D eigenvalue weighted by molar-refractivity contribution is 5.79. The van der Waals surface area contributed by atoms with Gasteiger partial charge in [-0.3, -0.25) is 10.1 Å². The number of hydrogen-bond acceptors (Lipinski definition) is 4. The van der Waals surface area contributed by atoms with Crippen LogP contribution in [0.4, 0.5) is 22.7 Å². The minimum absolute atomic E-state index is 0.0477. The number of nitro benzene ring substituents is 1. The van der Waals surface area contributed by atoms with Gasteiger partial charge in [-0.1, -0.05) is 18.2 Å². The lowest BCUT2D eigenvalue weighted by Crippen LogP contribution is -2.01. The Kier molecular flexibility index (Phi) is 3.66. The molecule has 0 aliphatic heterocycles. The molecule has 0 amide bonds. The number of anilines is 3. The van der Waals surface area contributed by atoms with E-state index in [2.05, 4.69) is 10.6 Å². The van der Waals surface area contributed by atoms with Crippen molar-refractivity contribution in [3.05, 3.63) is 58.1 Å². The summed E-state index contributed by atoms with van der Waals surface area (Å²) < 4.78 is 0. The van der Waals surface area contributed by atoms with E-state index in [0.29, 0.717) is 11.4 Å². The molecule has 0 bridgehead atoms. The first-order valence-corrected chi connectivity index (χ1v) is 5.90. The second-order valence-electron chi connectivity index (χ2n) is 4.20. The minimum atomic E-state index is -0.385. The van der Waals surface area contributed by atoms with Crippen molar-refractivity contribution in [2.75, 3.05) is 17.7 Å². The van der Waals surface area contributed by atoms with Crippen LogP contribution < -0.4 is 10.6 Å². The third-order valence-corrected chi connectivity index (χ3v) is 2.79. The van der Waals surface area contributed by atoms with Crippen molar-refractivity contribution in [1.29, 1.82) is 0 Å². The number of para-hydroxylation sites is 1. The summed E-state index contributed by atoms with van der Waals surface area (Å²) in [7, 11) is 1.67. The summed E-state index contributed by atoms with van der Waals surface area (Å²) in [6.07, 6.45) is 0. The minimum Gasteiger partial charge on any atom is -0.382 e. The molecule has 19 heavy (non-hydrogen) atoms. The van der Waals surface area contributed by atoms with Gasteiger partial charge in [0.2, 0.25) is 0 Å². The number of nitrogens with zero attached hydrogens (tertiary/aromatic N) is 1. The Balaban J connectivity index is 2.42. The number of hydrogen-bond donors (Lipinski definition) is 2. The fourth-order valence-electron chi connectivity index (χ4n) is 1.92. The smallest absolute Gasteiger partial charge is 0.315 e. The molecule has 0 saturated carbocycles. The van der Waals surface area contributed by atoms with Gasteiger partial charge in [-0.2, -0.15) is 0 Å². The Morgan fingerprint density at radius 2 is 1.79 bits per heavy atom. The normalized spacial score (nSPS) is 10.0. The van der Waals surface area contributed by atoms with Gasteiger partial charge in [-0.15, -0.1) is 0 Å². The number of aryl methyl sites for hydroxylation is 1. The lowest BCUT2D eigenvalue weighted by atomic mass is 10.2. The van der Waals surface area contributed by atoms with Crippen LogP contribution in [0.1, 0.15) is 5.56 Å². The van der Waals surface area contributed by atoms with Gasteiger partial charge in [0.15, 0.2) is 0 Å². The highest BCUT2D eigenvalue weighted by Gasteiger charge is 2.18. The third kappa shape index (κ3) is 2.82. The van der Waals surface area contributed by atoms with Crippen LogP contribution in [-0.4, -0.2) is 12.0 Å². The van der Waals surface area contributed by atoms with Crippen LogP contribution in [0.25, 0.3) is 0 Å². The van der Waals surface area contributed by atoms with Crippen LogP contribution in [0.15, 0.2) is 42.5 Å². The molecule has 0 radical (unpaired) electrons. The molecule has 0 aliphatic rings. The van der Waals surface area contributed by atoms with Crippen molar-refractivity contribution >= 4 is 22.7 Å². The fourth-order valence-corrected chi connectivity index (χ4v) is 1.92. The van der Waals surface area contributed by atoms with Gasteiger partial charge < -0.3 is 10.6 Å². The van der Waals surface area contributed by atoms with E-state index in [1.54, 1.807) is 25.2 Å². The molecule has 0 aromatic heterocycles. The SMILES string of the molecule is CNc1cccc(Nc2cccc(C)c2)c1[N+](=O)[O-]. The predicted molar refractivity (Wildman–Crippen MR) is 77.1 cm³/mol. The molecule has 0 heterocycles. The van der Waals surface area contributed by atoms with Crippen molar-refractivity contribution in [2.24, 2.45) is 0 Å². The van der Waals surface area contributed by atoms with Gasteiger partial charge in [0.25, 0.3) is 0 Å². The summed E-state index contributed by atoms with van der Waals surface area (Å²) in [5.74, 6) is 0. The third-order valence-electron chi connectivity index (χ3n) is 2.79. The van der Waals surface area contributed by atoms with Crippen LogP contribution >= 0.6 is 0 Å². The van der Waals surface area contributed by atoms with E-state index >= 15 is 0 Å². The molecule has 0 fully saturated rings. The first-order chi connectivity index (χ1) is 9.11. The Bertz CT molecular complexity index is 611. The van der Waals surface area contributed by atoms with Gasteiger partial charge in [-0.25, -0.2) is 0 Å². The Labute approximate surface area is 111 Å². The molecule has 2 rings (SSSR count). The Morgan fingerprint density at radius 1 is 1.11 bits per heavy atom. The van der Waals surface area contributed by atoms with E-state index in [1.165, 1.54) is 0 Å². The lowest BCUT2D eigenvalue weighted by molar-refractivity contribution is -0.383. The number of nitrogens with one attached hydrogen (secondary N) is 2. The average Bonchev–Trinajstić information content (AvgIpc) is 2.38. The van der Waals surface area contributed by atoms with Crippen LogP contribution in [0, 0.1) is 17.0 Å². The van der Waals surface area contributed by atoms with E-state index in [4.69, 9.17) is 0 Å². The average molecular weight is 257 g/mol. The summed E-state index contributed by atoms with van der Waals surface area (Å²) in [5.41, 5.74) is 2.94. The summed E-state index contributed by atoms with van der Waals surface area (Å²) in [6.45, 7) is 1.98. The molecule has 2 aromatic carbocycles. The number of rotatable bonds is 4. The highest BCUT2D eigenvalue weighted by Crippen LogP contribution is 2.34. The summed E-state index contributed by atoms with van der Waals surface area (Å²) >= 11 is 0. The molecular weight excluding hydrogens is 242 g/mol. The van der Waals surface area contributed by atoms with Crippen molar-refractivity contribution in [3.8, 4) is 0 Å². The zero-order valence-electron chi connectivity index (χ0n) is 10.8. The number of benzene rings is 2. The molecule has 2 aromatic rings. The second kappa shape index (κ2) is 5.39. The van der Waals surface area contributed by atoms with Crippen LogP contribution in [0.3, 0.4) is 0 Å². The first-order valence-electron chi connectivity index (χ1n) is 5.90. The largest absolute Gasteiger partial charge is 0.382 e. The maximum Gasteiger partial charge on any atom is 0.315 e. The van der Waals surface area contributed by atoms with E-state index in [-0.39, 0.29) is 10.6 Å². The topological polar surface area (TPSA) is 67.2 Å². The Morgan fingerprint density at radius 3 is 2.42 bits per heavy atom. The van der Waals surface area contributed by atoms with Crippen LogP contribution in [0.5, 0.6) is 0 Å². The fraction of sp³-hybridized carbons (Fsp3) is 0.143. The zero-order chi connectivity index (χ0) is 13.8. The van der Waals surface area contributed by atoms with E-state index in [0.717, 1.165) is 11.3 Å². The molecule has 5 heteroatoms. The lowest BCUT2D eigenvalue weighted by Gasteiger charge is -2.10. The molecule has 0 aliphatic carbocycles. The molecule has 98 valence electrons. The van der Waals surface area contributed by atoms with Gasteiger partial charge in [-0.05, 0) is 36.8 Å². The van der Waals surface area contributed by atoms with Crippen LogP contribution in [-0.2, 0) is 0 Å². The van der Waals surface area contributed by atoms with E-state index in [1.807, 2.05) is 31.2 Å². The van der Waals surface area contributed by atoms with Crippen molar-refractivity contribution in [2.45, 2.75) is 6.92 Å². The van der Waals surface area contributed by atoms with E-state index in [9.17, 15) is 10.1 Å². The highest BCUT2D eigenvalue weighted by atomic mass is 16.6. The maximum atomic E-state index is 11.2. The second-order valence-corrected chi connectivity index (χ2v) is 4.20. The summed E-state index contributed by atoms with van der Waals surface area (Å²) in [6, 6.07) is 12.9. The molecule has 0 atom stereocenters. The predicted octanol–water partition coefficient (Wildman–Crippen LogP) is 3.69. The monoisotopic (exact) mass is 257 g/mol. The van der Waals surface area contributed by atoms with Gasteiger partial charge in [0.1, 0.15) is 11.4 Å². The molecular formula is C14H15N3O2. The molecule has 0 unspecified atom stereocenters. The molecule has 2 N–H and O–H groups in total. The van der Waals surface area contributed by atoms with Crippen LogP contribution in [0.2, 0.25) is 0 Å². The van der Waals surface area contributed by atoms with Gasteiger partial charge in [0, 0.05) is 12.7 Å². The molecule has 0 saturated heterocycles. The first kappa shape index (κ1) is 12.9.